The molecule has 0 aliphatic carbocycles. The predicted molar refractivity (Wildman–Crippen MR) is 60.6 cm³/mol. The van der Waals surface area contributed by atoms with Gasteiger partial charge in [0.1, 0.15) is 17.6 Å². The maximum absolute atomic E-state index is 12.8. The van der Waals surface area contributed by atoms with Crippen LogP contribution in [0.1, 0.15) is 6.92 Å². The van der Waals surface area contributed by atoms with Gasteiger partial charge in [0.05, 0.1) is 7.11 Å². The summed E-state index contributed by atoms with van der Waals surface area (Å²) in [5.74, 6) is -0.900. The summed E-state index contributed by atoms with van der Waals surface area (Å²) in [6, 6.07) is 4.50. The second-order valence-electron chi connectivity index (χ2n) is 3.24. The summed E-state index contributed by atoms with van der Waals surface area (Å²) in [5, 5.41) is 2.43. The molecule has 0 radical (unpaired) electrons. The van der Waals surface area contributed by atoms with Crippen LogP contribution >= 0.6 is 8.18 Å². The van der Waals surface area contributed by atoms with Crippen molar-refractivity contribution in [3.63, 3.8) is 0 Å². The molecule has 0 heterocycles. The van der Waals surface area contributed by atoms with Gasteiger partial charge in [0.25, 0.3) is 0 Å². The van der Waals surface area contributed by atoms with Crippen LogP contribution in [0, 0.1) is 5.82 Å². The first-order chi connectivity index (χ1) is 8.02. The maximum atomic E-state index is 12.8. The number of carbonyl (C=O) groups is 1. The Balaban J connectivity index is 2.53. The number of rotatable bonds is 5. The molecule has 2 atom stereocenters. The lowest BCUT2D eigenvalue weighted by atomic mass is 10.3. The molecule has 0 amide bonds. The maximum Gasteiger partial charge on any atom is 0.323 e. The third kappa shape index (κ3) is 4.54. The van der Waals surface area contributed by atoms with Crippen molar-refractivity contribution in [1.82, 2.24) is 5.09 Å². The number of carbonyl (C=O) groups excluding carboxylic acids is 1. The van der Waals surface area contributed by atoms with Crippen LogP contribution in [0.25, 0.3) is 0 Å². The minimum absolute atomic E-state index is 0.137. The highest BCUT2D eigenvalue weighted by Gasteiger charge is 2.15. The number of ether oxygens (including phenoxy) is 1. The minimum Gasteiger partial charge on any atom is -0.468 e. The zero-order valence-electron chi connectivity index (χ0n) is 9.40. The molecule has 0 spiro atoms. The van der Waals surface area contributed by atoms with Gasteiger partial charge in [-0.2, -0.15) is 0 Å². The Hall–Kier alpha value is -1.39. The van der Waals surface area contributed by atoms with Gasteiger partial charge in [-0.05, 0) is 19.1 Å². The molecule has 0 bridgehead atoms. The van der Waals surface area contributed by atoms with E-state index in [9.17, 15) is 13.8 Å². The van der Waals surface area contributed by atoms with Crippen molar-refractivity contribution in [3.8, 4) is 5.75 Å². The molecule has 1 rings (SSSR count). The van der Waals surface area contributed by atoms with Gasteiger partial charge in [0.2, 0.25) is 0 Å². The lowest BCUT2D eigenvalue weighted by Gasteiger charge is -2.12. The number of hydrogen-bond donors (Lipinski definition) is 1. The summed E-state index contributed by atoms with van der Waals surface area (Å²) in [7, 11) is -1.45. The van der Waals surface area contributed by atoms with E-state index in [0.717, 1.165) is 6.07 Å². The van der Waals surface area contributed by atoms with E-state index in [4.69, 9.17) is 4.52 Å². The van der Waals surface area contributed by atoms with Crippen molar-refractivity contribution >= 4 is 14.1 Å². The number of nitrogens with one attached hydrogen (secondary N) is 1. The van der Waals surface area contributed by atoms with Crippen LogP contribution in [0.2, 0.25) is 0 Å². The molecule has 0 fully saturated rings. The molecule has 94 valence electrons. The van der Waals surface area contributed by atoms with Crippen molar-refractivity contribution in [3.05, 3.63) is 30.1 Å². The van der Waals surface area contributed by atoms with Gasteiger partial charge in [-0.15, -0.1) is 0 Å². The van der Waals surface area contributed by atoms with E-state index in [-0.39, 0.29) is 5.75 Å². The van der Waals surface area contributed by atoms with Gasteiger partial charge in [-0.25, -0.2) is 9.48 Å². The molecule has 1 N–H and O–H groups in total. The standard InChI is InChI=1S/C10H13FNO4P/c1-7(10(13)15-2)12-17(14)16-9-5-3-4-8(11)6-9/h3-7,17H,1-2H3,(H,12,14)/t7-/m0/s1. The molecule has 17 heavy (non-hydrogen) atoms. The van der Waals surface area contributed by atoms with Crippen molar-refractivity contribution in [2.24, 2.45) is 0 Å². The fraction of sp³-hybridized carbons (Fsp3) is 0.300. The van der Waals surface area contributed by atoms with Crippen molar-refractivity contribution in [2.75, 3.05) is 7.11 Å². The summed E-state index contributed by atoms with van der Waals surface area (Å²) in [5.41, 5.74) is 0. The van der Waals surface area contributed by atoms with Crippen LogP contribution in [0.15, 0.2) is 24.3 Å². The molecular formula is C10H13FNO4P. The highest BCUT2D eigenvalue weighted by atomic mass is 31.1. The summed E-state index contributed by atoms with van der Waals surface area (Å²) in [4.78, 5) is 11.0. The second kappa shape index (κ2) is 6.37. The second-order valence-corrected chi connectivity index (χ2v) is 4.30. The largest absolute Gasteiger partial charge is 0.468 e. The van der Waals surface area contributed by atoms with Gasteiger partial charge in [0, 0.05) is 6.07 Å². The summed E-state index contributed by atoms with van der Waals surface area (Å²) >= 11 is 0. The Morgan fingerprint density at radius 2 is 2.24 bits per heavy atom. The van der Waals surface area contributed by atoms with Crippen LogP contribution in [0.3, 0.4) is 0 Å². The topological polar surface area (TPSA) is 64.6 Å². The SMILES string of the molecule is COC(=O)[C@H](C)N[PH](=O)Oc1cccc(F)c1. The Morgan fingerprint density at radius 3 is 2.82 bits per heavy atom. The Morgan fingerprint density at radius 1 is 1.53 bits per heavy atom. The minimum atomic E-state index is -2.68. The number of methoxy groups -OCH3 is 1. The van der Waals surface area contributed by atoms with Gasteiger partial charge in [0.15, 0.2) is 0 Å². The molecule has 0 aliphatic heterocycles. The smallest absolute Gasteiger partial charge is 0.323 e. The predicted octanol–water partition coefficient (Wildman–Crippen LogP) is 1.75. The molecule has 1 aromatic carbocycles. The summed E-state index contributed by atoms with van der Waals surface area (Å²) in [6.07, 6.45) is 0. The molecule has 0 aromatic heterocycles. The van der Waals surface area contributed by atoms with Gasteiger partial charge in [-0.3, -0.25) is 9.36 Å². The Bertz CT molecular complexity index is 427. The van der Waals surface area contributed by atoms with E-state index in [1.165, 1.54) is 32.2 Å². The first kappa shape index (κ1) is 13.7. The van der Waals surface area contributed by atoms with Gasteiger partial charge in [-0.1, -0.05) is 6.07 Å². The van der Waals surface area contributed by atoms with Gasteiger partial charge < -0.3 is 9.26 Å². The molecule has 0 aliphatic rings. The zero-order chi connectivity index (χ0) is 12.8. The van der Waals surface area contributed by atoms with Crippen molar-refractivity contribution in [2.45, 2.75) is 13.0 Å². The number of halogens is 1. The molecule has 5 nitrogen and oxygen atoms in total. The van der Waals surface area contributed by atoms with Gasteiger partial charge >= 0.3 is 14.1 Å². The quantitative estimate of drug-likeness (QED) is 0.646. The van der Waals surface area contributed by atoms with Crippen LogP contribution in [-0.2, 0) is 14.1 Å². The molecule has 0 saturated carbocycles. The lowest BCUT2D eigenvalue weighted by Crippen LogP contribution is -2.30. The molecular weight excluding hydrogens is 248 g/mol. The van der Waals surface area contributed by atoms with Crippen LogP contribution < -0.4 is 9.61 Å². The van der Waals surface area contributed by atoms with E-state index < -0.39 is 26.0 Å². The van der Waals surface area contributed by atoms with Crippen LogP contribution in [0.4, 0.5) is 4.39 Å². The normalized spacial score (nSPS) is 13.8. The Kier molecular flexibility index (Phi) is 5.12. The van der Waals surface area contributed by atoms with E-state index in [0.29, 0.717) is 0 Å². The summed E-state index contributed by atoms with van der Waals surface area (Å²) < 4.78 is 33.7. The van der Waals surface area contributed by atoms with E-state index in [2.05, 4.69) is 9.82 Å². The van der Waals surface area contributed by atoms with E-state index >= 15 is 0 Å². The molecule has 7 heteroatoms. The average Bonchev–Trinajstić information content (AvgIpc) is 2.27. The number of benzene rings is 1. The third-order valence-electron chi connectivity index (χ3n) is 1.90. The molecule has 1 unspecified atom stereocenters. The zero-order valence-corrected chi connectivity index (χ0v) is 10.4. The fourth-order valence-corrected chi connectivity index (χ4v) is 1.95. The van der Waals surface area contributed by atoms with E-state index in [1.807, 2.05) is 0 Å². The first-order valence-corrected chi connectivity index (χ1v) is 6.16. The van der Waals surface area contributed by atoms with Crippen LogP contribution in [-0.4, -0.2) is 19.1 Å². The number of hydrogen-bond acceptors (Lipinski definition) is 4. The third-order valence-corrected chi connectivity index (χ3v) is 2.99. The Labute approximate surface area is 98.8 Å². The van der Waals surface area contributed by atoms with E-state index in [1.54, 1.807) is 0 Å². The van der Waals surface area contributed by atoms with Crippen molar-refractivity contribution in [1.29, 1.82) is 0 Å². The highest BCUT2D eigenvalue weighted by molar-refractivity contribution is 7.37. The first-order valence-electron chi connectivity index (χ1n) is 4.84. The molecule has 1 aromatic rings. The highest BCUT2D eigenvalue weighted by Crippen LogP contribution is 2.24. The molecule has 0 saturated heterocycles. The van der Waals surface area contributed by atoms with Crippen LogP contribution in [0.5, 0.6) is 5.75 Å². The monoisotopic (exact) mass is 261 g/mol. The van der Waals surface area contributed by atoms with Crippen molar-refractivity contribution < 1.29 is 23.0 Å². The average molecular weight is 261 g/mol. The fourth-order valence-electron chi connectivity index (χ4n) is 1.08. The lowest BCUT2D eigenvalue weighted by molar-refractivity contribution is -0.142. The summed E-state index contributed by atoms with van der Waals surface area (Å²) in [6.45, 7) is 1.49. The number of esters is 1.